The smallest absolute Gasteiger partial charge is 0.325 e. The second-order valence-corrected chi connectivity index (χ2v) is 10.3. The Hall–Kier alpha value is -2.52. The number of rotatable bonds is 8. The van der Waals surface area contributed by atoms with Gasteiger partial charge in [0.2, 0.25) is 16.0 Å². The number of methoxy groups -OCH3 is 1. The molecule has 1 aromatic carbocycles. The van der Waals surface area contributed by atoms with E-state index < -0.39 is 39.5 Å². The molecule has 2 aromatic rings. The lowest BCUT2D eigenvalue weighted by atomic mass is 10.0. The van der Waals surface area contributed by atoms with Crippen molar-refractivity contribution in [1.82, 2.24) is 9.29 Å². The van der Waals surface area contributed by atoms with Crippen LogP contribution in [0.1, 0.15) is 40.2 Å². The van der Waals surface area contributed by atoms with E-state index in [1.807, 2.05) is 0 Å². The van der Waals surface area contributed by atoms with Crippen LogP contribution in [0.4, 0.5) is 4.39 Å². The van der Waals surface area contributed by atoms with Crippen LogP contribution >= 0.6 is 0 Å². The summed E-state index contributed by atoms with van der Waals surface area (Å²) in [6, 6.07) is 7.37. The molecule has 0 saturated heterocycles. The molecule has 0 aliphatic heterocycles. The van der Waals surface area contributed by atoms with E-state index in [9.17, 15) is 17.6 Å². The molecule has 0 radical (unpaired) electrons. The van der Waals surface area contributed by atoms with Crippen LogP contribution in [-0.2, 0) is 26.1 Å². The van der Waals surface area contributed by atoms with Gasteiger partial charge < -0.3 is 9.47 Å². The average molecular weight is 453 g/mol. The molecule has 0 bridgehead atoms. The van der Waals surface area contributed by atoms with Gasteiger partial charge in [-0.2, -0.15) is 8.70 Å². The molecule has 0 aliphatic rings. The van der Waals surface area contributed by atoms with Crippen molar-refractivity contribution < 1.29 is 27.1 Å². The third-order valence-corrected chi connectivity index (χ3v) is 6.22. The average Bonchev–Trinajstić information content (AvgIpc) is 2.67. The number of pyridine rings is 1. The van der Waals surface area contributed by atoms with Crippen molar-refractivity contribution in [2.75, 3.05) is 7.11 Å². The number of hydrogen-bond acceptors (Lipinski definition) is 6. The monoisotopic (exact) mass is 452 g/mol. The van der Waals surface area contributed by atoms with Gasteiger partial charge in [0, 0.05) is 12.7 Å². The number of nitrogens with zero attached hydrogens (tertiary/aromatic N) is 2. The van der Waals surface area contributed by atoms with Crippen LogP contribution in [0.5, 0.6) is 5.75 Å². The molecule has 9 heteroatoms. The fourth-order valence-corrected chi connectivity index (χ4v) is 4.68. The van der Waals surface area contributed by atoms with Crippen LogP contribution in [0.25, 0.3) is 0 Å². The Kier molecular flexibility index (Phi) is 7.77. The molecule has 0 aliphatic carbocycles. The maximum Gasteiger partial charge on any atom is 0.325 e. The van der Waals surface area contributed by atoms with E-state index in [0.29, 0.717) is 11.3 Å². The van der Waals surface area contributed by atoms with Crippen molar-refractivity contribution in [2.24, 2.45) is 5.92 Å². The Morgan fingerprint density at radius 3 is 2.19 bits per heavy atom. The van der Waals surface area contributed by atoms with Crippen molar-refractivity contribution in [3.63, 3.8) is 0 Å². The number of esters is 1. The maximum absolute atomic E-state index is 13.6. The molecule has 2 rings (SSSR count). The Morgan fingerprint density at radius 2 is 1.74 bits per heavy atom. The summed E-state index contributed by atoms with van der Waals surface area (Å²) in [7, 11) is -2.64. The number of halogens is 1. The zero-order valence-electron chi connectivity index (χ0n) is 18.6. The van der Waals surface area contributed by atoms with Crippen molar-refractivity contribution in [1.29, 1.82) is 0 Å². The number of carbonyl (C=O) groups is 1. The van der Waals surface area contributed by atoms with Crippen molar-refractivity contribution in [3.05, 3.63) is 54.1 Å². The van der Waals surface area contributed by atoms with E-state index in [0.717, 1.165) is 10.4 Å². The minimum atomic E-state index is -4.12. The van der Waals surface area contributed by atoms with Gasteiger partial charge >= 0.3 is 5.97 Å². The Labute approximate surface area is 183 Å². The molecular formula is C22H29FN2O5S. The fraction of sp³-hybridized carbons (Fsp3) is 0.455. The summed E-state index contributed by atoms with van der Waals surface area (Å²) in [6.07, 6.45) is 1.25. The van der Waals surface area contributed by atoms with Gasteiger partial charge in [-0.1, -0.05) is 19.9 Å². The first-order valence-electron chi connectivity index (χ1n) is 9.84. The van der Waals surface area contributed by atoms with E-state index in [1.54, 1.807) is 34.6 Å². The zero-order valence-corrected chi connectivity index (χ0v) is 19.4. The minimum Gasteiger partial charge on any atom is -0.497 e. The highest BCUT2D eigenvalue weighted by molar-refractivity contribution is 7.89. The van der Waals surface area contributed by atoms with E-state index >= 15 is 0 Å². The number of aromatic nitrogens is 1. The molecule has 0 saturated carbocycles. The second-order valence-electron chi connectivity index (χ2n) is 8.44. The van der Waals surface area contributed by atoms with Crippen molar-refractivity contribution in [3.8, 4) is 5.75 Å². The number of ether oxygens (including phenoxy) is 2. The van der Waals surface area contributed by atoms with E-state index in [4.69, 9.17) is 9.47 Å². The zero-order chi connectivity index (χ0) is 23.4. The standard InChI is InChI=1S/C22H29FN2O5S/c1-15(2)20(21(26)30-22(3,4)5)25(14-16-7-12-19(23)24-13-16)31(27,28)18-10-8-17(29-6)9-11-18/h7-13,15,20H,14H2,1-6H3/t20-/m1/s1. The number of carbonyl (C=O) groups excluding carboxylic acids is 1. The van der Waals surface area contributed by atoms with E-state index in [-0.39, 0.29) is 11.4 Å². The summed E-state index contributed by atoms with van der Waals surface area (Å²) < 4.78 is 52.2. The summed E-state index contributed by atoms with van der Waals surface area (Å²) in [5.74, 6) is -1.23. The van der Waals surface area contributed by atoms with E-state index in [1.165, 1.54) is 43.6 Å². The van der Waals surface area contributed by atoms with Crippen molar-refractivity contribution in [2.45, 2.75) is 57.7 Å². The topological polar surface area (TPSA) is 85.8 Å². The molecule has 1 heterocycles. The third kappa shape index (κ3) is 6.48. The molecule has 0 fully saturated rings. The Bertz CT molecular complexity index is 984. The van der Waals surface area contributed by atoms with Gasteiger partial charge in [-0.3, -0.25) is 4.79 Å². The lowest BCUT2D eigenvalue weighted by Gasteiger charge is -2.34. The van der Waals surface area contributed by atoms with Crippen LogP contribution in [0.15, 0.2) is 47.5 Å². The Morgan fingerprint density at radius 1 is 1.13 bits per heavy atom. The van der Waals surface area contributed by atoms with Crippen LogP contribution in [0.2, 0.25) is 0 Å². The molecule has 0 unspecified atom stereocenters. The van der Waals surface area contributed by atoms with Gasteiger partial charge in [0.25, 0.3) is 0 Å². The largest absolute Gasteiger partial charge is 0.497 e. The summed E-state index contributed by atoms with van der Waals surface area (Å²) in [6.45, 7) is 8.46. The van der Waals surface area contributed by atoms with Crippen LogP contribution < -0.4 is 4.74 Å². The Balaban J connectivity index is 2.56. The normalized spacial score (nSPS) is 13.3. The first-order valence-corrected chi connectivity index (χ1v) is 11.3. The molecule has 0 amide bonds. The summed E-state index contributed by atoms with van der Waals surface area (Å²) >= 11 is 0. The highest BCUT2D eigenvalue weighted by Crippen LogP contribution is 2.27. The van der Waals surface area contributed by atoms with Crippen LogP contribution in [-0.4, -0.2) is 42.4 Å². The van der Waals surface area contributed by atoms with Gasteiger partial charge in [-0.05, 0) is 62.6 Å². The maximum atomic E-state index is 13.6. The number of benzene rings is 1. The fourth-order valence-electron chi connectivity index (χ4n) is 2.98. The predicted molar refractivity (Wildman–Crippen MR) is 114 cm³/mol. The molecule has 0 N–H and O–H groups in total. The summed E-state index contributed by atoms with van der Waals surface area (Å²) in [5.41, 5.74) is -0.357. The number of sulfonamides is 1. The van der Waals surface area contributed by atoms with Crippen LogP contribution in [0, 0.1) is 11.9 Å². The highest BCUT2D eigenvalue weighted by atomic mass is 32.2. The summed E-state index contributed by atoms with van der Waals surface area (Å²) in [5, 5.41) is 0. The highest BCUT2D eigenvalue weighted by Gasteiger charge is 2.40. The molecule has 0 spiro atoms. The lowest BCUT2D eigenvalue weighted by molar-refractivity contribution is -0.161. The SMILES string of the molecule is COc1ccc(S(=O)(=O)N(Cc2ccc(F)nc2)[C@@H](C(=O)OC(C)(C)C)C(C)C)cc1. The third-order valence-electron chi connectivity index (χ3n) is 4.38. The molecule has 170 valence electrons. The van der Waals surface area contributed by atoms with Crippen molar-refractivity contribution >= 4 is 16.0 Å². The molecule has 1 atom stereocenters. The van der Waals surface area contributed by atoms with Crippen LogP contribution in [0.3, 0.4) is 0 Å². The molecule has 1 aromatic heterocycles. The lowest BCUT2D eigenvalue weighted by Crippen LogP contribution is -2.49. The quantitative estimate of drug-likeness (QED) is 0.448. The van der Waals surface area contributed by atoms with Gasteiger partial charge in [0.1, 0.15) is 17.4 Å². The van der Waals surface area contributed by atoms with Gasteiger partial charge in [-0.25, -0.2) is 13.4 Å². The first-order chi connectivity index (χ1) is 14.3. The summed E-state index contributed by atoms with van der Waals surface area (Å²) in [4.78, 5) is 16.6. The second kappa shape index (κ2) is 9.74. The van der Waals surface area contributed by atoms with E-state index in [2.05, 4.69) is 4.98 Å². The minimum absolute atomic E-state index is 0.00224. The molecule has 31 heavy (non-hydrogen) atoms. The van der Waals surface area contributed by atoms with Gasteiger partial charge in [-0.15, -0.1) is 0 Å². The molecule has 7 nitrogen and oxygen atoms in total. The number of hydrogen-bond donors (Lipinski definition) is 0. The van der Waals surface area contributed by atoms with Gasteiger partial charge in [0.15, 0.2) is 0 Å². The molecular weight excluding hydrogens is 423 g/mol. The van der Waals surface area contributed by atoms with Gasteiger partial charge in [0.05, 0.1) is 12.0 Å². The first kappa shape index (κ1) is 24.7. The predicted octanol–water partition coefficient (Wildman–Crippen LogP) is 3.79.